The number of fused-ring (bicyclic) bond motifs is 1. The summed E-state index contributed by atoms with van der Waals surface area (Å²) in [5.41, 5.74) is 1.58. The second kappa shape index (κ2) is 5.36. The molecule has 1 atom stereocenters. The molecule has 0 bridgehead atoms. The topological polar surface area (TPSA) is 79.5 Å². The molecule has 0 aliphatic rings. The van der Waals surface area contributed by atoms with Crippen LogP contribution in [0.4, 0.5) is 0 Å². The van der Waals surface area contributed by atoms with E-state index in [0.717, 1.165) is 10.9 Å². The van der Waals surface area contributed by atoms with Gasteiger partial charge >= 0.3 is 5.97 Å². The number of aliphatic carboxylic acids is 1. The summed E-state index contributed by atoms with van der Waals surface area (Å²) in [5, 5.41) is 12.4. The number of para-hydroxylation sites is 1. The molecule has 0 aliphatic heterocycles. The molecule has 0 spiro atoms. The van der Waals surface area contributed by atoms with Crippen LogP contribution in [0.25, 0.3) is 11.0 Å². The number of carboxylic acids is 1. The first-order chi connectivity index (χ1) is 9.40. The van der Waals surface area contributed by atoms with Gasteiger partial charge in [0.05, 0.1) is 0 Å². The SMILES string of the molecule is Cc1cccc2cc(C(=O)N[C@@H](C(=O)O)C(C)C)oc12. The van der Waals surface area contributed by atoms with Crippen LogP contribution < -0.4 is 5.32 Å². The molecule has 0 radical (unpaired) electrons. The highest BCUT2D eigenvalue weighted by Crippen LogP contribution is 2.22. The maximum atomic E-state index is 12.1. The van der Waals surface area contributed by atoms with Crippen LogP contribution in [0.2, 0.25) is 0 Å². The Morgan fingerprint density at radius 2 is 2.00 bits per heavy atom. The molecule has 1 aromatic heterocycles. The van der Waals surface area contributed by atoms with E-state index >= 15 is 0 Å². The third kappa shape index (κ3) is 2.66. The second-order valence-electron chi connectivity index (χ2n) is 5.14. The predicted octanol–water partition coefficient (Wildman–Crippen LogP) is 2.58. The van der Waals surface area contributed by atoms with Gasteiger partial charge in [-0.1, -0.05) is 32.0 Å². The number of amides is 1. The van der Waals surface area contributed by atoms with Crippen molar-refractivity contribution in [3.05, 3.63) is 35.6 Å². The minimum absolute atomic E-state index is 0.126. The van der Waals surface area contributed by atoms with Crippen LogP contribution >= 0.6 is 0 Å². The van der Waals surface area contributed by atoms with Gasteiger partial charge in [0.15, 0.2) is 5.76 Å². The largest absolute Gasteiger partial charge is 0.480 e. The standard InChI is InChI=1S/C15H17NO4/c1-8(2)12(15(18)19)16-14(17)11-7-10-6-4-5-9(3)13(10)20-11/h4-8,12H,1-3H3,(H,16,17)(H,18,19)/t12-/m1/s1. The number of aryl methyl sites for hydroxylation is 1. The third-order valence-corrected chi connectivity index (χ3v) is 3.18. The first kappa shape index (κ1) is 14.1. The fourth-order valence-corrected chi connectivity index (χ4v) is 2.05. The smallest absolute Gasteiger partial charge is 0.326 e. The number of nitrogens with one attached hydrogen (secondary N) is 1. The highest BCUT2D eigenvalue weighted by atomic mass is 16.4. The molecule has 0 fully saturated rings. The van der Waals surface area contributed by atoms with Crippen molar-refractivity contribution in [1.82, 2.24) is 5.32 Å². The lowest BCUT2D eigenvalue weighted by Crippen LogP contribution is -2.44. The molecular weight excluding hydrogens is 258 g/mol. The minimum atomic E-state index is -1.05. The molecule has 1 aromatic carbocycles. The van der Waals surface area contributed by atoms with Gasteiger partial charge in [-0.25, -0.2) is 4.79 Å². The van der Waals surface area contributed by atoms with E-state index in [1.807, 2.05) is 25.1 Å². The van der Waals surface area contributed by atoms with Crippen LogP contribution in [-0.4, -0.2) is 23.0 Å². The lowest BCUT2D eigenvalue weighted by atomic mass is 10.0. The van der Waals surface area contributed by atoms with Crippen LogP contribution in [0, 0.1) is 12.8 Å². The molecule has 0 saturated heterocycles. The predicted molar refractivity (Wildman–Crippen MR) is 74.7 cm³/mol. The van der Waals surface area contributed by atoms with Gasteiger partial charge < -0.3 is 14.8 Å². The van der Waals surface area contributed by atoms with E-state index in [1.165, 1.54) is 0 Å². The number of carbonyl (C=O) groups excluding carboxylic acids is 1. The molecule has 5 nitrogen and oxygen atoms in total. The normalized spacial score (nSPS) is 12.6. The summed E-state index contributed by atoms with van der Waals surface area (Å²) >= 11 is 0. The van der Waals surface area contributed by atoms with Crippen molar-refractivity contribution in [1.29, 1.82) is 0 Å². The zero-order valence-corrected chi connectivity index (χ0v) is 11.6. The first-order valence-corrected chi connectivity index (χ1v) is 6.43. The molecular formula is C15H17NO4. The third-order valence-electron chi connectivity index (χ3n) is 3.18. The number of hydrogen-bond donors (Lipinski definition) is 2. The molecule has 106 valence electrons. The van der Waals surface area contributed by atoms with Gasteiger partial charge in [0.2, 0.25) is 0 Å². The zero-order valence-electron chi connectivity index (χ0n) is 11.6. The molecule has 20 heavy (non-hydrogen) atoms. The molecule has 1 heterocycles. The lowest BCUT2D eigenvalue weighted by Gasteiger charge is -2.16. The summed E-state index contributed by atoms with van der Waals surface area (Å²) in [6.45, 7) is 5.37. The van der Waals surface area contributed by atoms with Gasteiger partial charge in [-0.2, -0.15) is 0 Å². The van der Waals surface area contributed by atoms with Crippen molar-refractivity contribution in [2.75, 3.05) is 0 Å². The van der Waals surface area contributed by atoms with Gasteiger partial charge in [-0.05, 0) is 24.5 Å². The van der Waals surface area contributed by atoms with Crippen LogP contribution in [0.1, 0.15) is 30.0 Å². The van der Waals surface area contributed by atoms with Gasteiger partial charge in [0, 0.05) is 5.39 Å². The van der Waals surface area contributed by atoms with Crippen LogP contribution in [0.15, 0.2) is 28.7 Å². The second-order valence-corrected chi connectivity index (χ2v) is 5.14. The van der Waals surface area contributed by atoms with Gasteiger partial charge in [0.1, 0.15) is 11.6 Å². The van der Waals surface area contributed by atoms with E-state index in [-0.39, 0.29) is 11.7 Å². The Bertz CT molecular complexity index is 657. The molecule has 2 aromatic rings. The fourth-order valence-electron chi connectivity index (χ4n) is 2.05. The molecule has 1 amide bonds. The summed E-state index contributed by atoms with van der Waals surface area (Å²) in [6.07, 6.45) is 0. The average Bonchev–Trinajstić information content (AvgIpc) is 2.80. The minimum Gasteiger partial charge on any atom is -0.480 e. The molecule has 0 aliphatic carbocycles. The number of carbonyl (C=O) groups is 2. The number of benzene rings is 1. The summed E-state index contributed by atoms with van der Waals surface area (Å²) < 4.78 is 5.52. The van der Waals surface area contributed by atoms with Crippen molar-refractivity contribution in [3.63, 3.8) is 0 Å². The average molecular weight is 275 g/mol. The summed E-state index contributed by atoms with van der Waals surface area (Å²) in [7, 11) is 0. The Kier molecular flexibility index (Phi) is 3.79. The molecule has 2 rings (SSSR count). The number of hydrogen-bond acceptors (Lipinski definition) is 3. The lowest BCUT2D eigenvalue weighted by molar-refractivity contribution is -0.140. The van der Waals surface area contributed by atoms with Gasteiger partial charge in [0.25, 0.3) is 5.91 Å². The van der Waals surface area contributed by atoms with E-state index in [2.05, 4.69) is 5.32 Å². The molecule has 5 heteroatoms. The highest BCUT2D eigenvalue weighted by Gasteiger charge is 2.25. The van der Waals surface area contributed by atoms with Crippen molar-refractivity contribution in [3.8, 4) is 0 Å². The Hall–Kier alpha value is -2.30. The monoisotopic (exact) mass is 275 g/mol. The maximum absolute atomic E-state index is 12.1. The fraction of sp³-hybridized carbons (Fsp3) is 0.333. The Labute approximate surface area is 116 Å². The van der Waals surface area contributed by atoms with Crippen molar-refractivity contribution >= 4 is 22.8 Å². The highest BCUT2D eigenvalue weighted by molar-refractivity contribution is 5.98. The number of carboxylic acid groups (broad SMARTS) is 1. The van der Waals surface area contributed by atoms with Crippen molar-refractivity contribution in [2.45, 2.75) is 26.8 Å². The van der Waals surface area contributed by atoms with E-state index in [0.29, 0.717) is 5.58 Å². The van der Waals surface area contributed by atoms with E-state index in [9.17, 15) is 9.59 Å². The van der Waals surface area contributed by atoms with E-state index < -0.39 is 17.9 Å². The molecule has 2 N–H and O–H groups in total. The Morgan fingerprint density at radius 1 is 1.30 bits per heavy atom. The van der Waals surface area contributed by atoms with Gasteiger partial charge in [-0.15, -0.1) is 0 Å². The summed E-state index contributed by atoms with van der Waals surface area (Å²) in [6, 6.07) is 6.30. The molecule has 0 unspecified atom stereocenters. The summed E-state index contributed by atoms with van der Waals surface area (Å²) in [4.78, 5) is 23.2. The maximum Gasteiger partial charge on any atom is 0.326 e. The Morgan fingerprint density at radius 3 is 2.55 bits per heavy atom. The van der Waals surface area contributed by atoms with Crippen LogP contribution in [-0.2, 0) is 4.79 Å². The van der Waals surface area contributed by atoms with Crippen LogP contribution in [0.3, 0.4) is 0 Å². The molecule has 0 saturated carbocycles. The van der Waals surface area contributed by atoms with E-state index in [1.54, 1.807) is 19.9 Å². The van der Waals surface area contributed by atoms with Crippen molar-refractivity contribution < 1.29 is 19.1 Å². The summed E-state index contributed by atoms with van der Waals surface area (Å²) in [5.74, 6) is -1.65. The van der Waals surface area contributed by atoms with E-state index in [4.69, 9.17) is 9.52 Å². The first-order valence-electron chi connectivity index (χ1n) is 6.43. The number of rotatable bonds is 4. The zero-order chi connectivity index (χ0) is 14.9. The quantitative estimate of drug-likeness (QED) is 0.898. The van der Waals surface area contributed by atoms with Crippen LogP contribution in [0.5, 0.6) is 0 Å². The number of furan rings is 1. The van der Waals surface area contributed by atoms with Crippen molar-refractivity contribution in [2.24, 2.45) is 5.92 Å². The van der Waals surface area contributed by atoms with Gasteiger partial charge in [-0.3, -0.25) is 4.79 Å². The Balaban J connectivity index is 2.27.